The van der Waals surface area contributed by atoms with Crippen LogP contribution in [0.2, 0.25) is 0 Å². The van der Waals surface area contributed by atoms with E-state index in [1.165, 1.54) is 0 Å². The Balaban J connectivity index is 1.98. The number of carbonyl (C=O) groups excluding carboxylic acids is 1. The van der Waals surface area contributed by atoms with E-state index in [1.807, 2.05) is 13.0 Å². The fraction of sp³-hybridized carbons (Fsp3) is 0.556. The minimum Gasteiger partial charge on any atom is -0.361 e. The second-order valence-corrected chi connectivity index (χ2v) is 3.35. The third kappa shape index (κ3) is 1.55. The lowest BCUT2D eigenvalue weighted by Crippen LogP contribution is -2.03. The lowest BCUT2D eigenvalue weighted by molar-refractivity contribution is -0.119. The fourth-order valence-corrected chi connectivity index (χ4v) is 1.22. The summed E-state index contributed by atoms with van der Waals surface area (Å²) < 4.78 is 4.94. The Morgan fingerprint density at radius 1 is 1.75 bits per heavy atom. The third-order valence-corrected chi connectivity index (χ3v) is 2.06. The van der Waals surface area contributed by atoms with Crippen LogP contribution in [0.1, 0.15) is 24.3 Å². The highest BCUT2D eigenvalue weighted by atomic mass is 16.5. The zero-order chi connectivity index (χ0) is 8.55. The van der Waals surface area contributed by atoms with Crippen molar-refractivity contribution in [2.45, 2.75) is 26.2 Å². The van der Waals surface area contributed by atoms with Gasteiger partial charge in [-0.15, -0.1) is 0 Å². The van der Waals surface area contributed by atoms with Gasteiger partial charge in [-0.3, -0.25) is 4.79 Å². The van der Waals surface area contributed by atoms with Crippen LogP contribution in [0.15, 0.2) is 10.6 Å². The molecule has 0 bridgehead atoms. The fourth-order valence-electron chi connectivity index (χ4n) is 1.22. The smallest absolute Gasteiger partial charge is 0.144 e. The van der Waals surface area contributed by atoms with Crippen LogP contribution in [0.25, 0.3) is 0 Å². The van der Waals surface area contributed by atoms with Gasteiger partial charge in [-0.1, -0.05) is 5.16 Å². The summed E-state index contributed by atoms with van der Waals surface area (Å²) in [6.07, 6.45) is 2.55. The molecule has 1 aromatic rings. The Kier molecular flexibility index (Phi) is 1.71. The van der Waals surface area contributed by atoms with Crippen molar-refractivity contribution in [2.24, 2.45) is 5.92 Å². The van der Waals surface area contributed by atoms with E-state index in [-0.39, 0.29) is 0 Å². The molecule has 0 unspecified atom stereocenters. The van der Waals surface area contributed by atoms with Crippen molar-refractivity contribution in [3.63, 3.8) is 0 Å². The molecule has 2 rings (SSSR count). The number of aryl methyl sites for hydroxylation is 1. The van der Waals surface area contributed by atoms with Gasteiger partial charge in [0.2, 0.25) is 0 Å². The molecule has 1 heterocycles. The molecule has 0 aliphatic heterocycles. The standard InChI is InChI=1S/C9H11NO2/c1-6-4-8(12-10-6)5-9(11)7-2-3-7/h4,7H,2-3,5H2,1H3. The predicted octanol–water partition coefficient (Wildman–Crippen LogP) is 1.50. The third-order valence-electron chi connectivity index (χ3n) is 2.06. The van der Waals surface area contributed by atoms with Crippen LogP contribution in [0.4, 0.5) is 0 Å². The number of rotatable bonds is 3. The predicted molar refractivity (Wildman–Crippen MR) is 42.7 cm³/mol. The van der Waals surface area contributed by atoms with Gasteiger partial charge in [0.05, 0.1) is 12.1 Å². The molecule has 1 saturated carbocycles. The summed E-state index contributed by atoms with van der Waals surface area (Å²) in [6.45, 7) is 1.86. The minimum atomic E-state index is 0.297. The number of hydrogen-bond donors (Lipinski definition) is 0. The maximum Gasteiger partial charge on any atom is 0.144 e. The van der Waals surface area contributed by atoms with E-state index < -0.39 is 0 Å². The summed E-state index contributed by atoms with van der Waals surface area (Å²) in [5, 5.41) is 3.72. The molecule has 0 atom stereocenters. The Hall–Kier alpha value is -1.12. The van der Waals surface area contributed by atoms with Crippen LogP contribution in [0, 0.1) is 12.8 Å². The number of nitrogens with zero attached hydrogens (tertiary/aromatic N) is 1. The Morgan fingerprint density at radius 2 is 2.50 bits per heavy atom. The highest BCUT2D eigenvalue weighted by Gasteiger charge is 2.29. The molecule has 3 heteroatoms. The number of aromatic nitrogens is 1. The van der Waals surface area contributed by atoms with Crippen molar-refractivity contribution in [1.82, 2.24) is 5.16 Å². The molecule has 0 radical (unpaired) electrons. The Labute approximate surface area is 70.7 Å². The minimum absolute atomic E-state index is 0.297. The summed E-state index contributed by atoms with van der Waals surface area (Å²) >= 11 is 0. The lowest BCUT2D eigenvalue weighted by Gasteiger charge is -1.91. The highest BCUT2D eigenvalue weighted by molar-refractivity contribution is 5.84. The summed E-state index contributed by atoms with van der Waals surface area (Å²) in [7, 11) is 0. The van der Waals surface area contributed by atoms with E-state index >= 15 is 0 Å². The number of carbonyl (C=O) groups is 1. The van der Waals surface area contributed by atoms with E-state index in [2.05, 4.69) is 5.16 Å². The first kappa shape index (κ1) is 7.53. The second kappa shape index (κ2) is 2.73. The molecule has 1 aliphatic carbocycles. The lowest BCUT2D eigenvalue weighted by atomic mass is 10.1. The van der Waals surface area contributed by atoms with Gasteiger partial charge in [-0.05, 0) is 19.8 Å². The van der Waals surface area contributed by atoms with Crippen LogP contribution in [0.5, 0.6) is 0 Å². The van der Waals surface area contributed by atoms with Gasteiger partial charge >= 0.3 is 0 Å². The molecule has 0 saturated heterocycles. The van der Waals surface area contributed by atoms with E-state index in [4.69, 9.17) is 4.52 Å². The topological polar surface area (TPSA) is 43.1 Å². The molecule has 0 aromatic carbocycles. The van der Waals surface area contributed by atoms with E-state index in [0.717, 1.165) is 18.5 Å². The summed E-state index contributed by atoms with van der Waals surface area (Å²) in [5.41, 5.74) is 0.841. The summed E-state index contributed by atoms with van der Waals surface area (Å²) in [4.78, 5) is 11.3. The van der Waals surface area contributed by atoms with Crippen molar-refractivity contribution < 1.29 is 9.32 Å². The zero-order valence-electron chi connectivity index (χ0n) is 7.04. The molecule has 1 fully saturated rings. The van der Waals surface area contributed by atoms with Crippen molar-refractivity contribution in [3.8, 4) is 0 Å². The number of Topliss-reactive ketones (excluding diaryl/α,β-unsaturated/α-hetero) is 1. The van der Waals surface area contributed by atoms with Crippen LogP contribution in [0.3, 0.4) is 0 Å². The van der Waals surface area contributed by atoms with Crippen LogP contribution in [-0.2, 0) is 11.2 Å². The first-order chi connectivity index (χ1) is 5.75. The Morgan fingerprint density at radius 3 is 3.00 bits per heavy atom. The highest BCUT2D eigenvalue weighted by Crippen LogP contribution is 2.30. The molecule has 64 valence electrons. The largest absolute Gasteiger partial charge is 0.361 e. The maximum absolute atomic E-state index is 11.3. The number of hydrogen-bond acceptors (Lipinski definition) is 3. The average molecular weight is 165 g/mol. The molecule has 3 nitrogen and oxygen atoms in total. The summed E-state index contributed by atoms with van der Waals surface area (Å²) in [5.74, 6) is 1.31. The van der Waals surface area contributed by atoms with Crippen molar-refractivity contribution in [1.29, 1.82) is 0 Å². The van der Waals surface area contributed by atoms with Gasteiger partial charge in [0, 0.05) is 12.0 Å². The quantitative estimate of drug-likeness (QED) is 0.681. The average Bonchev–Trinajstić information content (AvgIpc) is 2.78. The molecular weight excluding hydrogens is 154 g/mol. The van der Waals surface area contributed by atoms with Crippen molar-refractivity contribution >= 4 is 5.78 Å². The van der Waals surface area contributed by atoms with Gasteiger partial charge in [-0.2, -0.15) is 0 Å². The molecule has 0 amide bonds. The van der Waals surface area contributed by atoms with Crippen LogP contribution in [-0.4, -0.2) is 10.9 Å². The van der Waals surface area contributed by atoms with Crippen molar-refractivity contribution in [3.05, 3.63) is 17.5 Å². The second-order valence-electron chi connectivity index (χ2n) is 3.35. The van der Waals surface area contributed by atoms with Crippen LogP contribution < -0.4 is 0 Å². The Bertz CT molecular complexity index is 299. The first-order valence-electron chi connectivity index (χ1n) is 4.20. The van der Waals surface area contributed by atoms with Gasteiger partial charge in [0.15, 0.2) is 0 Å². The SMILES string of the molecule is Cc1cc(CC(=O)C2CC2)on1. The molecule has 12 heavy (non-hydrogen) atoms. The monoisotopic (exact) mass is 165 g/mol. The number of ketones is 1. The van der Waals surface area contributed by atoms with Crippen molar-refractivity contribution in [2.75, 3.05) is 0 Å². The molecule has 1 aromatic heterocycles. The van der Waals surface area contributed by atoms with Gasteiger partial charge in [-0.25, -0.2) is 0 Å². The van der Waals surface area contributed by atoms with Gasteiger partial charge in [0.25, 0.3) is 0 Å². The van der Waals surface area contributed by atoms with E-state index in [9.17, 15) is 4.79 Å². The van der Waals surface area contributed by atoms with E-state index in [0.29, 0.717) is 23.9 Å². The molecular formula is C9H11NO2. The van der Waals surface area contributed by atoms with Gasteiger partial charge < -0.3 is 4.52 Å². The van der Waals surface area contributed by atoms with E-state index in [1.54, 1.807) is 0 Å². The zero-order valence-corrected chi connectivity index (χ0v) is 7.04. The normalized spacial score (nSPS) is 16.4. The molecule has 0 N–H and O–H groups in total. The van der Waals surface area contributed by atoms with Gasteiger partial charge in [0.1, 0.15) is 11.5 Å². The molecule has 1 aliphatic rings. The first-order valence-corrected chi connectivity index (χ1v) is 4.20. The molecule has 0 spiro atoms. The maximum atomic E-state index is 11.3. The van der Waals surface area contributed by atoms with Crippen LogP contribution >= 0.6 is 0 Å². The summed E-state index contributed by atoms with van der Waals surface area (Å²) in [6, 6.07) is 1.82.